The molecule has 6 N–H and O–H groups in total. The molecule has 0 amide bonds. The zero-order chi connectivity index (χ0) is 18.5. The lowest BCUT2D eigenvalue weighted by Gasteiger charge is -2.33. The largest absolute Gasteiger partial charge is 0.504 e. The van der Waals surface area contributed by atoms with Gasteiger partial charge >= 0.3 is 0 Å². The summed E-state index contributed by atoms with van der Waals surface area (Å²) in [4.78, 5) is 0. The van der Waals surface area contributed by atoms with Crippen LogP contribution >= 0.6 is 0 Å². The van der Waals surface area contributed by atoms with Crippen molar-refractivity contribution in [2.24, 2.45) is 0 Å². The van der Waals surface area contributed by atoms with E-state index in [1.807, 2.05) is 0 Å². The Labute approximate surface area is 153 Å². The van der Waals surface area contributed by atoms with Gasteiger partial charge in [0.05, 0.1) is 0 Å². The summed E-state index contributed by atoms with van der Waals surface area (Å²) in [5, 5.41) is 45.1. The van der Waals surface area contributed by atoms with E-state index in [0.717, 1.165) is 24.0 Å². The summed E-state index contributed by atoms with van der Waals surface area (Å²) in [6.07, 6.45) is 4.50. The van der Waals surface area contributed by atoms with Gasteiger partial charge in [0.25, 0.3) is 0 Å². The molecule has 1 fully saturated rings. The summed E-state index contributed by atoms with van der Waals surface area (Å²) in [5.74, 6) is -0.421. The number of hydrogen-bond acceptors (Lipinski definition) is 6. The summed E-state index contributed by atoms with van der Waals surface area (Å²) >= 11 is 0. The Morgan fingerprint density at radius 2 is 1.08 bits per heavy atom. The van der Waals surface area contributed by atoms with Crippen LogP contribution in [0.5, 0.6) is 23.0 Å². The van der Waals surface area contributed by atoms with E-state index in [0.29, 0.717) is 25.2 Å². The minimum absolute atomic E-state index is 0.102. The van der Waals surface area contributed by atoms with Crippen LogP contribution < -0.4 is 10.6 Å². The second-order valence-electron chi connectivity index (χ2n) is 6.91. The first-order valence-electron chi connectivity index (χ1n) is 9.01. The Hall–Kier alpha value is -2.44. The molecule has 26 heavy (non-hydrogen) atoms. The summed E-state index contributed by atoms with van der Waals surface area (Å²) in [5.41, 5.74) is 1.85. The topological polar surface area (TPSA) is 105 Å². The average molecular weight is 358 g/mol. The van der Waals surface area contributed by atoms with Crippen LogP contribution in [0.2, 0.25) is 0 Å². The van der Waals surface area contributed by atoms with Crippen molar-refractivity contribution >= 4 is 0 Å². The van der Waals surface area contributed by atoms with Gasteiger partial charge in [0.1, 0.15) is 0 Å². The van der Waals surface area contributed by atoms with Crippen molar-refractivity contribution in [2.45, 2.75) is 50.9 Å². The van der Waals surface area contributed by atoms with Gasteiger partial charge in [-0.05, 0) is 48.2 Å². The van der Waals surface area contributed by atoms with E-state index in [2.05, 4.69) is 10.6 Å². The molecular weight excluding hydrogens is 332 g/mol. The van der Waals surface area contributed by atoms with Gasteiger partial charge in [-0.15, -0.1) is 0 Å². The molecule has 3 rings (SSSR count). The molecule has 1 saturated carbocycles. The number of phenolic OH excluding ortho intramolecular Hbond substituents is 4. The van der Waals surface area contributed by atoms with Crippen LogP contribution in [0.15, 0.2) is 36.4 Å². The maximum Gasteiger partial charge on any atom is 0.157 e. The third kappa shape index (κ3) is 4.59. The number of benzene rings is 2. The lowest BCUT2D eigenvalue weighted by atomic mass is 9.90. The highest BCUT2D eigenvalue weighted by molar-refractivity contribution is 5.41. The Balaban J connectivity index is 1.56. The van der Waals surface area contributed by atoms with E-state index >= 15 is 0 Å². The molecule has 0 heterocycles. The SMILES string of the molecule is Oc1ccc(CNC2CCCC[C@H]2NCc2ccc(O)c(O)c2)cc1O. The molecule has 2 aromatic rings. The number of rotatable bonds is 6. The van der Waals surface area contributed by atoms with Gasteiger partial charge in [0, 0.05) is 25.2 Å². The summed E-state index contributed by atoms with van der Waals surface area (Å²) < 4.78 is 0. The fraction of sp³-hybridized carbons (Fsp3) is 0.400. The summed E-state index contributed by atoms with van der Waals surface area (Å²) in [6.45, 7) is 1.24. The van der Waals surface area contributed by atoms with Gasteiger partial charge in [-0.2, -0.15) is 0 Å². The van der Waals surface area contributed by atoms with Crippen LogP contribution in [-0.4, -0.2) is 32.5 Å². The van der Waals surface area contributed by atoms with Crippen molar-refractivity contribution in [3.8, 4) is 23.0 Å². The molecule has 1 unspecified atom stereocenters. The van der Waals surface area contributed by atoms with Crippen LogP contribution in [0.4, 0.5) is 0 Å². The molecule has 6 heteroatoms. The lowest BCUT2D eigenvalue weighted by Crippen LogP contribution is -2.49. The highest BCUT2D eigenvalue weighted by Crippen LogP contribution is 2.27. The number of hydrogen-bond donors (Lipinski definition) is 6. The Bertz CT molecular complexity index is 687. The molecular formula is C20H26N2O4. The normalized spacial score (nSPS) is 20.2. The van der Waals surface area contributed by atoms with E-state index in [1.165, 1.54) is 25.0 Å². The number of aromatic hydroxyl groups is 4. The first-order chi connectivity index (χ1) is 12.5. The van der Waals surface area contributed by atoms with Gasteiger partial charge in [-0.25, -0.2) is 0 Å². The third-order valence-corrected chi connectivity index (χ3v) is 4.98. The molecule has 1 aliphatic rings. The molecule has 0 bridgehead atoms. The van der Waals surface area contributed by atoms with Gasteiger partial charge < -0.3 is 31.1 Å². The van der Waals surface area contributed by atoms with Crippen LogP contribution in [-0.2, 0) is 13.1 Å². The molecule has 2 aromatic carbocycles. The van der Waals surface area contributed by atoms with Crippen molar-refractivity contribution < 1.29 is 20.4 Å². The van der Waals surface area contributed by atoms with E-state index in [-0.39, 0.29) is 23.0 Å². The van der Waals surface area contributed by atoms with Crippen molar-refractivity contribution in [3.05, 3.63) is 47.5 Å². The minimum Gasteiger partial charge on any atom is -0.504 e. The van der Waals surface area contributed by atoms with Crippen LogP contribution in [0.1, 0.15) is 36.8 Å². The monoisotopic (exact) mass is 358 g/mol. The van der Waals surface area contributed by atoms with E-state index in [1.54, 1.807) is 24.3 Å². The maximum atomic E-state index is 9.61. The quantitative estimate of drug-likeness (QED) is 0.444. The predicted molar refractivity (Wildman–Crippen MR) is 99.3 cm³/mol. The first-order valence-corrected chi connectivity index (χ1v) is 9.01. The Kier molecular flexibility index (Phi) is 5.85. The van der Waals surface area contributed by atoms with E-state index < -0.39 is 0 Å². The van der Waals surface area contributed by atoms with Crippen molar-refractivity contribution in [2.75, 3.05) is 0 Å². The molecule has 0 radical (unpaired) electrons. The molecule has 0 spiro atoms. The zero-order valence-corrected chi connectivity index (χ0v) is 14.7. The van der Waals surface area contributed by atoms with Crippen LogP contribution in [0.25, 0.3) is 0 Å². The zero-order valence-electron chi connectivity index (χ0n) is 14.7. The lowest BCUT2D eigenvalue weighted by molar-refractivity contribution is 0.281. The van der Waals surface area contributed by atoms with Crippen LogP contribution in [0.3, 0.4) is 0 Å². The number of phenols is 4. The fourth-order valence-electron chi connectivity index (χ4n) is 3.48. The average Bonchev–Trinajstić information content (AvgIpc) is 2.64. The fourth-order valence-corrected chi connectivity index (χ4v) is 3.48. The standard InChI is InChI=1S/C20H26N2O4/c23-17-7-5-13(9-19(17)25)11-21-15-3-1-2-4-16(15)22-12-14-6-8-18(24)20(26)10-14/h5-10,15-16,21-26H,1-4,11-12H2/t15-,16?/m1/s1. The van der Waals surface area contributed by atoms with Crippen molar-refractivity contribution in [1.29, 1.82) is 0 Å². The predicted octanol–water partition coefficient (Wildman–Crippen LogP) is 2.70. The molecule has 1 aliphatic carbocycles. The molecule has 0 aromatic heterocycles. The third-order valence-electron chi connectivity index (χ3n) is 4.98. The summed E-state index contributed by atoms with van der Waals surface area (Å²) in [6, 6.07) is 10.4. The Morgan fingerprint density at radius 1 is 0.654 bits per heavy atom. The molecule has 6 nitrogen and oxygen atoms in total. The Morgan fingerprint density at radius 3 is 1.46 bits per heavy atom. The van der Waals surface area contributed by atoms with Crippen LogP contribution in [0, 0.1) is 0 Å². The second kappa shape index (κ2) is 8.29. The minimum atomic E-state index is -0.108. The van der Waals surface area contributed by atoms with Gasteiger partial charge in [-0.1, -0.05) is 25.0 Å². The highest BCUT2D eigenvalue weighted by Gasteiger charge is 2.24. The molecule has 2 atom stereocenters. The second-order valence-corrected chi connectivity index (χ2v) is 6.91. The van der Waals surface area contributed by atoms with Crippen molar-refractivity contribution in [3.63, 3.8) is 0 Å². The van der Waals surface area contributed by atoms with Gasteiger partial charge in [-0.3, -0.25) is 0 Å². The van der Waals surface area contributed by atoms with Crippen molar-refractivity contribution in [1.82, 2.24) is 10.6 Å². The number of nitrogens with one attached hydrogen (secondary N) is 2. The highest BCUT2D eigenvalue weighted by atomic mass is 16.3. The molecule has 0 aliphatic heterocycles. The first kappa shape index (κ1) is 18.4. The van der Waals surface area contributed by atoms with E-state index in [4.69, 9.17) is 0 Å². The maximum absolute atomic E-state index is 9.61. The van der Waals surface area contributed by atoms with Gasteiger partial charge in [0.15, 0.2) is 23.0 Å². The summed E-state index contributed by atoms with van der Waals surface area (Å²) in [7, 11) is 0. The molecule has 0 saturated heterocycles. The molecule has 140 valence electrons. The smallest absolute Gasteiger partial charge is 0.157 e. The van der Waals surface area contributed by atoms with Gasteiger partial charge in [0.2, 0.25) is 0 Å². The van der Waals surface area contributed by atoms with E-state index in [9.17, 15) is 20.4 Å².